The maximum Gasteiger partial charge on any atom is 0.256 e. The first-order chi connectivity index (χ1) is 12.5. The van der Waals surface area contributed by atoms with Crippen LogP contribution in [-0.2, 0) is 0 Å². The fourth-order valence-electron chi connectivity index (χ4n) is 2.02. The van der Waals surface area contributed by atoms with Gasteiger partial charge in [0.05, 0.1) is 5.02 Å². The molecule has 0 fully saturated rings. The van der Waals surface area contributed by atoms with Gasteiger partial charge in [0.25, 0.3) is 5.91 Å². The van der Waals surface area contributed by atoms with Gasteiger partial charge in [0.2, 0.25) is 0 Å². The van der Waals surface area contributed by atoms with E-state index in [-0.39, 0.29) is 10.9 Å². The summed E-state index contributed by atoms with van der Waals surface area (Å²) in [6.07, 6.45) is 1.61. The third-order valence-electron chi connectivity index (χ3n) is 3.27. The molecule has 0 spiro atoms. The minimum atomic E-state index is -0.462. The molecule has 0 unspecified atom stereocenters. The molecule has 4 nitrogen and oxygen atoms in total. The van der Waals surface area contributed by atoms with Gasteiger partial charge in [-0.2, -0.15) is 0 Å². The molecule has 0 bridgehead atoms. The number of benzene rings is 2. The zero-order valence-electron chi connectivity index (χ0n) is 13.2. The van der Waals surface area contributed by atoms with Crippen LogP contribution in [0.15, 0.2) is 70.2 Å². The molecule has 1 aromatic heterocycles. The Hall–Kier alpha value is -2.09. The van der Waals surface area contributed by atoms with E-state index in [4.69, 9.17) is 11.6 Å². The average Bonchev–Trinajstić information content (AvgIpc) is 2.65. The lowest BCUT2D eigenvalue weighted by Gasteiger charge is -2.09. The molecule has 2 aromatic carbocycles. The average molecular weight is 453 g/mol. The molecule has 0 saturated heterocycles. The Bertz CT molecular complexity index is 940. The number of rotatable bonds is 5. The van der Waals surface area contributed by atoms with Crippen molar-refractivity contribution in [1.29, 1.82) is 0 Å². The van der Waals surface area contributed by atoms with Gasteiger partial charge < -0.3 is 10.0 Å². The molecule has 0 radical (unpaired) electrons. The predicted octanol–water partition coefficient (Wildman–Crippen LogP) is 6.01. The summed E-state index contributed by atoms with van der Waals surface area (Å²) in [5.41, 5.74) is 1.21. The fraction of sp³-hybridized carbons (Fsp3) is 0. The molecule has 8 heteroatoms. The van der Waals surface area contributed by atoms with E-state index < -0.39 is 5.82 Å². The van der Waals surface area contributed by atoms with Crippen LogP contribution in [0, 0.1) is 5.82 Å². The van der Waals surface area contributed by atoms with Crippen molar-refractivity contribution in [2.45, 2.75) is 4.90 Å². The molecule has 0 saturated carbocycles. The summed E-state index contributed by atoms with van der Waals surface area (Å²) in [4.78, 5) is 17.2. The Balaban J connectivity index is 1.66. The first-order valence-electron chi connectivity index (χ1n) is 7.42. The quantitative estimate of drug-likeness (QED) is 0.466. The molecule has 3 aromatic rings. The molecule has 3 rings (SSSR count). The number of hydrogen-bond donors (Lipinski definition) is 2. The van der Waals surface area contributed by atoms with Gasteiger partial charge in [-0.25, -0.2) is 9.37 Å². The Kier molecular flexibility index (Phi) is 6.13. The number of hydrogen-bond acceptors (Lipinski definition) is 4. The monoisotopic (exact) mass is 451 g/mol. The van der Waals surface area contributed by atoms with E-state index in [1.54, 1.807) is 42.6 Å². The highest BCUT2D eigenvalue weighted by Crippen LogP contribution is 2.26. The maximum atomic E-state index is 13.2. The Morgan fingerprint density at radius 1 is 1.15 bits per heavy atom. The van der Waals surface area contributed by atoms with Crippen LogP contribution in [-0.4, -0.2) is 10.9 Å². The van der Waals surface area contributed by atoms with E-state index in [0.717, 1.165) is 15.1 Å². The maximum absolute atomic E-state index is 13.2. The van der Waals surface area contributed by atoms with Crippen molar-refractivity contribution in [3.63, 3.8) is 0 Å². The molecule has 1 amide bonds. The number of nitrogens with one attached hydrogen (secondary N) is 2. The minimum Gasteiger partial charge on any atom is -0.326 e. The van der Waals surface area contributed by atoms with E-state index >= 15 is 0 Å². The van der Waals surface area contributed by atoms with E-state index in [9.17, 15) is 9.18 Å². The summed E-state index contributed by atoms with van der Waals surface area (Å²) in [6, 6.07) is 15.0. The van der Waals surface area contributed by atoms with Crippen LogP contribution in [0.3, 0.4) is 0 Å². The third kappa shape index (κ3) is 4.97. The number of pyridine rings is 1. The highest BCUT2D eigenvalue weighted by molar-refractivity contribution is 9.10. The lowest BCUT2D eigenvalue weighted by molar-refractivity contribution is 0.102. The molecule has 0 aliphatic rings. The van der Waals surface area contributed by atoms with Gasteiger partial charge in [-0.05, 0) is 76.4 Å². The predicted molar refractivity (Wildman–Crippen MR) is 107 cm³/mol. The van der Waals surface area contributed by atoms with Crippen molar-refractivity contribution in [3.05, 3.63) is 81.7 Å². The van der Waals surface area contributed by atoms with Crippen molar-refractivity contribution in [2.75, 3.05) is 10.0 Å². The van der Waals surface area contributed by atoms with Crippen LogP contribution in [0.1, 0.15) is 10.4 Å². The number of anilines is 2. The molecule has 2 N–H and O–H groups in total. The number of aromatic nitrogens is 1. The highest BCUT2D eigenvalue weighted by atomic mass is 79.9. The molecular weight excluding hydrogens is 441 g/mol. The molecule has 0 aliphatic heterocycles. The molecule has 1 heterocycles. The van der Waals surface area contributed by atoms with Gasteiger partial charge >= 0.3 is 0 Å². The first-order valence-corrected chi connectivity index (χ1v) is 9.41. The second kappa shape index (κ2) is 8.53. The second-order valence-corrected chi connectivity index (χ2v) is 7.38. The smallest absolute Gasteiger partial charge is 0.256 e. The van der Waals surface area contributed by atoms with Crippen molar-refractivity contribution in [1.82, 2.24) is 4.98 Å². The summed E-state index contributed by atoms with van der Waals surface area (Å²) in [6.45, 7) is 0. The summed E-state index contributed by atoms with van der Waals surface area (Å²) in [5.74, 6) is -0.263. The van der Waals surface area contributed by atoms with Crippen molar-refractivity contribution >= 4 is 56.9 Å². The van der Waals surface area contributed by atoms with Crippen LogP contribution in [0.5, 0.6) is 0 Å². The molecule has 0 aliphatic carbocycles. The standard InChI is InChI=1S/C18H12BrClFN3OS/c19-12-4-7-17(22-10-12)23-18(25)11-2-1-3-13(8-11)24-26-14-5-6-16(21)15(20)9-14/h1-10,24H,(H,22,23,25). The molecule has 0 atom stereocenters. The van der Waals surface area contributed by atoms with Gasteiger partial charge in [0, 0.05) is 26.8 Å². The van der Waals surface area contributed by atoms with Crippen LogP contribution in [0.25, 0.3) is 0 Å². The van der Waals surface area contributed by atoms with Crippen molar-refractivity contribution < 1.29 is 9.18 Å². The number of amides is 1. The fourth-order valence-corrected chi connectivity index (χ4v) is 3.18. The Morgan fingerprint density at radius 3 is 2.73 bits per heavy atom. The summed E-state index contributed by atoms with van der Waals surface area (Å²) < 4.78 is 17.1. The minimum absolute atomic E-state index is 0.0620. The number of carbonyl (C=O) groups excluding carboxylic acids is 1. The SMILES string of the molecule is O=C(Nc1ccc(Br)cn1)c1cccc(NSc2ccc(F)c(Cl)c2)c1. The van der Waals surface area contributed by atoms with Gasteiger partial charge in [-0.1, -0.05) is 17.7 Å². The third-order valence-corrected chi connectivity index (χ3v) is 4.86. The Labute approximate surface area is 167 Å². The summed E-state index contributed by atoms with van der Waals surface area (Å²) >= 11 is 10.3. The molecular formula is C18H12BrClFN3OS. The van der Waals surface area contributed by atoms with Crippen molar-refractivity contribution in [2.24, 2.45) is 0 Å². The number of halogens is 3. The van der Waals surface area contributed by atoms with Crippen LogP contribution >= 0.6 is 39.5 Å². The van der Waals surface area contributed by atoms with E-state index in [1.165, 1.54) is 24.1 Å². The Morgan fingerprint density at radius 2 is 2.00 bits per heavy atom. The van der Waals surface area contributed by atoms with Crippen molar-refractivity contribution in [3.8, 4) is 0 Å². The van der Waals surface area contributed by atoms with Gasteiger partial charge in [0.1, 0.15) is 11.6 Å². The second-order valence-electron chi connectivity index (χ2n) is 5.18. The van der Waals surface area contributed by atoms with Crippen LogP contribution in [0.4, 0.5) is 15.9 Å². The van der Waals surface area contributed by atoms with E-state index in [1.807, 2.05) is 6.07 Å². The van der Waals surface area contributed by atoms with Crippen LogP contribution in [0.2, 0.25) is 5.02 Å². The summed E-state index contributed by atoms with van der Waals surface area (Å²) in [5, 5.41) is 2.80. The largest absolute Gasteiger partial charge is 0.326 e. The number of carbonyl (C=O) groups is 1. The lowest BCUT2D eigenvalue weighted by atomic mass is 10.2. The lowest BCUT2D eigenvalue weighted by Crippen LogP contribution is -2.12. The van der Waals surface area contributed by atoms with E-state index in [0.29, 0.717) is 11.4 Å². The van der Waals surface area contributed by atoms with Gasteiger partial charge in [-0.15, -0.1) is 0 Å². The molecule has 132 valence electrons. The molecule has 26 heavy (non-hydrogen) atoms. The number of nitrogens with zero attached hydrogens (tertiary/aromatic N) is 1. The topological polar surface area (TPSA) is 54.0 Å². The van der Waals surface area contributed by atoms with Gasteiger partial charge in [0.15, 0.2) is 0 Å². The summed E-state index contributed by atoms with van der Waals surface area (Å²) in [7, 11) is 0. The zero-order chi connectivity index (χ0) is 18.5. The van der Waals surface area contributed by atoms with Crippen LogP contribution < -0.4 is 10.0 Å². The van der Waals surface area contributed by atoms with E-state index in [2.05, 4.69) is 31.0 Å². The zero-order valence-corrected chi connectivity index (χ0v) is 16.3. The normalized spacial score (nSPS) is 10.4. The van der Waals surface area contributed by atoms with Gasteiger partial charge in [-0.3, -0.25) is 4.79 Å². The highest BCUT2D eigenvalue weighted by Gasteiger charge is 2.08. The first kappa shape index (κ1) is 18.7.